The number of hydrogen-bond acceptors (Lipinski definition) is 2. The van der Waals surface area contributed by atoms with Crippen LogP contribution in [0.4, 0.5) is 4.39 Å². The first kappa shape index (κ1) is 12.0. The minimum Gasteiger partial charge on any atom is -0.478 e. The third-order valence-electron chi connectivity index (χ3n) is 2.42. The zero-order chi connectivity index (χ0) is 13.0. The number of carbonyl (C=O) groups is 1. The fourth-order valence-corrected chi connectivity index (χ4v) is 1.56. The molecule has 2 rings (SSSR count). The molecule has 0 bridgehead atoms. The third-order valence-corrected chi connectivity index (χ3v) is 2.42. The Balaban J connectivity index is 2.41. The van der Waals surface area contributed by atoms with E-state index in [1.807, 2.05) is 0 Å². The SMILES string of the molecule is O=C(O)/C=C/c1cc(-c2ccncc2)ccc1F. The molecule has 1 aromatic heterocycles. The van der Waals surface area contributed by atoms with Crippen LogP contribution in [-0.4, -0.2) is 16.1 Å². The maximum absolute atomic E-state index is 13.5. The lowest BCUT2D eigenvalue weighted by Gasteiger charge is -2.03. The van der Waals surface area contributed by atoms with Crippen molar-refractivity contribution >= 4 is 12.0 Å². The monoisotopic (exact) mass is 243 g/mol. The number of carboxylic acid groups (broad SMARTS) is 1. The Labute approximate surface area is 103 Å². The van der Waals surface area contributed by atoms with Gasteiger partial charge in [0.1, 0.15) is 5.82 Å². The summed E-state index contributed by atoms with van der Waals surface area (Å²) in [6, 6.07) is 8.17. The second-order valence-corrected chi connectivity index (χ2v) is 3.64. The van der Waals surface area contributed by atoms with Gasteiger partial charge in [-0.15, -0.1) is 0 Å². The fourth-order valence-electron chi connectivity index (χ4n) is 1.56. The van der Waals surface area contributed by atoms with E-state index in [-0.39, 0.29) is 5.56 Å². The number of carboxylic acids is 1. The molecule has 0 saturated carbocycles. The van der Waals surface area contributed by atoms with Gasteiger partial charge in [-0.1, -0.05) is 6.07 Å². The van der Waals surface area contributed by atoms with Gasteiger partial charge in [-0.2, -0.15) is 0 Å². The minimum absolute atomic E-state index is 0.242. The van der Waals surface area contributed by atoms with E-state index in [1.165, 1.54) is 12.1 Å². The molecule has 0 spiro atoms. The van der Waals surface area contributed by atoms with E-state index in [9.17, 15) is 9.18 Å². The van der Waals surface area contributed by atoms with Crippen molar-refractivity contribution in [1.82, 2.24) is 4.98 Å². The Bertz CT molecular complexity index is 594. The Morgan fingerprint density at radius 1 is 1.17 bits per heavy atom. The van der Waals surface area contributed by atoms with Crippen LogP contribution in [0.3, 0.4) is 0 Å². The second-order valence-electron chi connectivity index (χ2n) is 3.64. The summed E-state index contributed by atoms with van der Waals surface area (Å²) in [5.41, 5.74) is 1.95. The third kappa shape index (κ3) is 2.79. The van der Waals surface area contributed by atoms with Crippen molar-refractivity contribution in [3.05, 3.63) is 60.2 Å². The zero-order valence-electron chi connectivity index (χ0n) is 9.38. The van der Waals surface area contributed by atoms with Gasteiger partial charge in [0.2, 0.25) is 0 Å². The summed E-state index contributed by atoms with van der Waals surface area (Å²) in [5, 5.41) is 8.53. The van der Waals surface area contributed by atoms with Crippen molar-refractivity contribution in [3.8, 4) is 11.1 Å². The number of nitrogens with zero attached hydrogens (tertiary/aromatic N) is 1. The molecule has 18 heavy (non-hydrogen) atoms. The highest BCUT2D eigenvalue weighted by atomic mass is 19.1. The molecule has 1 heterocycles. The first-order valence-electron chi connectivity index (χ1n) is 5.28. The van der Waals surface area contributed by atoms with E-state index in [1.54, 1.807) is 36.7 Å². The molecule has 0 amide bonds. The lowest BCUT2D eigenvalue weighted by molar-refractivity contribution is -0.131. The Morgan fingerprint density at radius 2 is 1.89 bits per heavy atom. The maximum atomic E-state index is 13.5. The van der Waals surface area contributed by atoms with Crippen LogP contribution in [0.5, 0.6) is 0 Å². The molecule has 1 N–H and O–H groups in total. The molecule has 1 aromatic carbocycles. The van der Waals surface area contributed by atoms with E-state index in [0.717, 1.165) is 17.2 Å². The predicted molar refractivity (Wildman–Crippen MR) is 66.3 cm³/mol. The van der Waals surface area contributed by atoms with Gasteiger partial charge in [0.05, 0.1) is 0 Å². The smallest absolute Gasteiger partial charge is 0.328 e. The molecule has 0 fully saturated rings. The Kier molecular flexibility index (Phi) is 3.48. The van der Waals surface area contributed by atoms with Crippen LogP contribution in [0, 0.1) is 5.82 Å². The number of aliphatic carboxylic acids is 1. The second kappa shape index (κ2) is 5.23. The molecule has 0 unspecified atom stereocenters. The fraction of sp³-hybridized carbons (Fsp3) is 0. The summed E-state index contributed by atoms with van der Waals surface area (Å²) in [6.07, 6.45) is 5.44. The molecule has 0 aliphatic heterocycles. The molecule has 0 aliphatic rings. The van der Waals surface area contributed by atoms with E-state index in [4.69, 9.17) is 5.11 Å². The summed E-state index contributed by atoms with van der Waals surface area (Å²) in [6.45, 7) is 0. The standard InChI is InChI=1S/C14H10FNO2/c15-13-3-1-11(10-5-7-16-8-6-10)9-12(13)2-4-14(17)18/h1-9H,(H,17,18)/b4-2+. The summed E-state index contributed by atoms with van der Waals surface area (Å²) in [5.74, 6) is -1.56. The molecule has 90 valence electrons. The normalized spacial score (nSPS) is 10.7. The van der Waals surface area contributed by atoms with Crippen LogP contribution in [-0.2, 0) is 4.79 Å². The van der Waals surface area contributed by atoms with Gasteiger partial charge < -0.3 is 5.11 Å². The molecule has 2 aromatic rings. The average Bonchev–Trinajstić information content (AvgIpc) is 2.38. The average molecular weight is 243 g/mol. The van der Waals surface area contributed by atoms with Crippen LogP contribution in [0.15, 0.2) is 48.8 Å². The minimum atomic E-state index is -1.11. The van der Waals surface area contributed by atoms with Gasteiger partial charge in [0, 0.05) is 24.0 Å². The summed E-state index contributed by atoms with van der Waals surface area (Å²) in [7, 11) is 0. The van der Waals surface area contributed by atoms with Gasteiger partial charge in [-0.3, -0.25) is 4.98 Å². The highest BCUT2D eigenvalue weighted by molar-refractivity contribution is 5.85. The van der Waals surface area contributed by atoms with Gasteiger partial charge in [-0.05, 0) is 41.5 Å². The number of pyridine rings is 1. The van der Waals surface area contributed by atoms with Crippen LogP contribution >= 0.6 is 0 Å². The van der Waals surface area contributed by atoms with Crippen molar-refractivity contribution in [2.24, 2.45) is 0 Å². The Hall–Kier alpha value is -2.49. The summed E-state index contributed by atoms with van der Waals surface area (Å²) in [4.78, 5) is 14.3. The quantitative estimate of drug-likeness (QED) is 0.843. The van der Waals surface area contributed by atoms with Gasteiger partial charge in [0.25, 0.3) is 0 Å². The molecule has 4 heteroatoms. The lowest BCUT2D eigenvalue weighted by atomic mass is 10.0. The predicted octanol–water partition coefficient (Wildman–Crippen LogP) is 2.99. The van der Waals surface area contributed by atoms with Crippen molar-refractivity contribution < 1.29 is 14.3 Å². The van der Waals surface area contributed by atoms with Gasteiger partial charge in [-0.25, -0.2) is 9.18 Å². The van der Waals surface area contributed by atoms with Crippen molar-refractivity contribution in [2.45, 2.75) is 0 Å². The largest absolute Gasteiger partial charge is 0.478 e. The lowest BCUT2D eigenvalue weighted by Crippen LogP contribution is -1.89. The van der Waals surface area contributed by atoms with E-state index in [2.05, 4.69) is 4.98 Å². The number of hydrogen-bond donors (Lipinski definition) is 1. The van der Waals surface area contributed by atoms with Gasteiger partial charge in [0.15, 0.2) is 0 Å². The molecule has 0 saturated heterocycles. The van der Waals surface area contributed by atoms with Crippen molar-refractivity contribution in [3.63, 3.8) is 0 Å². The van der Waals surface area contributed by atoms with Crippen LogP contribution in [0.2, 0.25) is 0 Å². The van der Waals surface area contributed by atoms with Crippen LogP contribution < -0.4 is 0 Å². The summed E-state index contributed by atoms with van der Waals surface area (Å²) >= 11 is 0. The molecule has 0 atom stereocenters. The highest BCUT2D eigenvalue weighted by Gasteiger charge is 2.03. The van der Waals surface area contributed by atoms with Crippen LogP contribution in [0.1, 0.15) is 5.56 Å². The molecular formula is C14H10FNO2. The van der Waals surface area contributed by atoms with Crippen molar-refractivity contribution in [1.29, 1.82) is 0 Å². The zero-order valence-corrected chi connectivity index (χ0v) is 9.38. The highest BCUT2D eigenvalue weighted by Crippen LogP contribution is 2.22. The van der Waals surface area contributed by atoms with E-state index >= 15 is 0 Å². The topological polar surface area (TPSA) is 50.2 Å². The molecule has 0 radical (unpaired) electrons. The molecule has 3 nitrogen and oxygen atoms in total. The molecule has 0 aliphatic carbocycles. The number of rotatable bonds is 3. The number of halogens is 1. The van der Waals surface area contributed by atoms with E-state index < -0.39 is 11.8 Å². The molecular weight excluding hydrogens is 233 g/mol. The van der Waals surface area contributed by atoms with Crippen LogP contribution in [0.25, 0.3) is 17.2 Å². The summed E-state index contributed by atoms with van der Waals surface area (Å²) < 4.78 is 13.5. The van der Waals surface area contributed by atoms with Crippen molar-refractivity contribution in [2.75, 3.05) is 0 Å². The van der Waals surface area contributed by atoms with E-state index in [0.29, 0.717) is 0 Å². The number of benzene rings is 1. The number of aromatic nitrogens is 1. The Morgan fingerprint density at radius 3 is 2.56 bits per heavy atom. The van der Waals surface area contributed by atoms with Gasteiger partial charge >= 0.3 is 5.97 Å². The maximum Gasteiger partial charge on any atom is 0.328 e. The first-order valence-corrected chi connectivity index (χ1v) is 5.28. The first-order chi connectivity index (χ1) is 8.66.